The van der Waals surface area contributed by atoms with Crippen molar-refractivity contribution in [2.24, 2.45) is 0 Å². The van der Waals surface area contributed by atoms with E-state index in [1.807, 2.05) is 0 Å². The quantitative estimate of drug-likeness (QED) is 0.886. The minimum Gasteiger partial charge on any atom is -0.492 e. The standard InChI is InChI=1S/C16H20FNO4/c1-15(2,20)16(6-8-21-9-16)18-14(19)11-3-4-12(17)10-5-7-22-13(10)11/h3-4,20H,5-9H2,1-2H3,(H,18,19). The van der Waals surface area contributed by atoms with Crippen molar-refractivity contribution in [1.29, 1.82) is 0 Å². The molecule has 1 amide bonds. The van der Waals surface area contributed by atoms with Crippen LogP contribution in [0.2, 0.25) is 0 Å². The highest BCUT2D eigenvalue weighted by Crippen LogP contribution is 2.34. The molecule has 2 heterocycles. The first-order valence-electron chi connectivity index (χ1n) is 7.41. The number of benzene rings is 1. The predicted molar refractivity (Wildman–Crippen MR) is 77.5 cm³/mol. The molecule has 1 saturated heterocycles. The number of amides is 1. The van der Waals surface area contributed by atoms with Gasteiger partial charge in [0.05, 0.1) is 29.9 Å². The van der Waals surface area contributed by atoms with E-state index in [2.05, 4.69) is 5.32 Å². The fraction of sp³-hybridized carbons (Fsp3) is 0.562. The van der Waals surface area contributed by atoms with Crippen LogP contribution in [0, 0.1) is 5.82 Å². The molecule has 0 bridgehead atoms. The van der Waals surface area contributed by atoms with Crippen LogP contribution in [0.1, 0.15) is 36.2 Å². The summed E-state index contributed by atoms with van der Waals surface area (Å²) in [6, 6.07) is 2.70. The summed E-state index contributed by atoms with van der Waals surface area (Å²) in [5.41, 5.74) is -1.26. The van der Waals surface area contributed by atoms with Gasteiger partial charge in [0.25, 0.3) is 5.91 Å². The summed E-state index contributed by atoms with van der Waals surface area (Å²) < 4.78 is 24.5. The normalized spacial score (nSPS) is 24.0. The Balaban J connectivity index is 1.91. The number of halogens is 1. The second kappa shape index (κ2) is 5.21. The van der Waals surface area contributed by atoms with E-state index in [0.717, 1.165) is 0 Å². The number of carbonyl (C=O) groups excluding carboxylic acids is 1. The third-order valence-corrected chi connectivity index (χ3v) is 4.59. The zero-order chi connectivity index (χ0) is 16.0. The molecular weight excluding hydrogens is 289 g/mol. The molecule has 0 aromatic heterocycles. The highest BCUT2D eigenvalue weighted by Gasteiger charge is 2.48. The number of carbonyl (C=O) groups is 1. The van der Waals surface area contributed by atoms with Gasteiger partial charge in [-0.25, -0.2) is 4.39 Å². The van der Waals surface area contributed by atoms with E-state index < -0.39 is 11.1 Å². The topological polar surface area (TPSA) is 67.8 Å². The van der Waals surface area contributed by atoms with Gasteiger partial charge in [0.15, 0.2) is 0 Å². The van der Waals surface area contributed by atoms with E-state index >= 15 is 0 Å². The maximum absolute atomic E-state index is 13.7. The van der Waals surface area contributed by atoms with E-state index in [9.17, 15) is 14.3 Å². The SMILES string of the molecule is CC(C)(O)C1(NC(=O)c2ccc(F)c3c2OCC3)CCOC1. The van der Waals surface area contributed by atoms with Crippen molar-refractivity contribution in [1.82, 2.24) is 5.32 Å². The average molecular weight is 309 g/mol. The van der Waals surface area contributed by atoms with Crippen molar-refractivity contribution < 1.29 is 23.8 Å². The van der Waals surface area contributed by atoms with Crippen LogP contribution in [0.15, 0.2) is 12.1 Å². The van der Waals surface area contributed by atoms with Gasteiger partial charge >= 0.3 is 0 Å². The van der Waals surface area contributed by atoms with Crippen molar-refractivity contribution in [3.8, 4) is 5.75 Å². The van der Waals surface area contributed by atoms with Crippen LogP contribution in [0.5, 0.6) is 5.75 Å². The van der Waals surface area contributed by atoms with E-state index in [0.29, 0.717) is 42.9 Å². The molecule has 1 fully saturated rings. The lowest BCUT2D eigenvalue weighted by Gasteiger charge is -2.39. The van der Waals surface area contributed by atoms with E-state index in [-0.39, 0.29) is 18.3 Å². The van der Waals surface area contributed by atoms with Gasteiger partial charge in [-0.1, -0.05) is 0 Å². The Kier molecular flexibility index (Phi) is 3.61. The summed E-state index contributed by atoms with van der Waals surface area (Å²) in [5, 5.41) is 13.3. The van der Waals surface area contributed by atoms with Crippen molar-refractivity contribution in [2.45, 2.75) is 37.8 Å². The molecular formula is C16H20FNO4. The summed E-state index contributed by atoms with van der Waals surface area (Å²) in [6.45, 7) is 4.38. The van der Waals surface area contributed by atoms with Gasteiger partial charge in [-0.15, -0.1) is 0 Å². The molecule has 1 aromatic carbocycles. The van der Waals surface area contributed by atoms with Crippen LogP contribution in [0.4, 0.5) is 4.39 Å². The molecule has 6 heteroatoms. The van der Waals surface area contributed by atoms with Gasteiger partial charge in [0.2, 0.25) is 0 Å². The number of nitrogens with one attached hydrogen (secondary N) is 1. The smallest absolute Gasteiger partial charge is 0.255 e. The first-order valence-corrected chi connectivity index (χ1v) is 7.41. The van der Waals surface area contributed by atoms with Gasteiger partial charge in [-0.2, -0.15) is 0 Å². The van der Waals surface area contributed by atoms with Crippen molar-refractivity contribution >= 4 is 5.91 Å². The lowest BCUT2D eigenvalue weighted by molar-refractivity contribution is -0.0238. The second-order valence-electron chi connectivity index (χ2n) is 6.40. The number of ether oxygens (including phenoxy) is 2. The van der Waals surface area contributed by atoms with Crippen molar-refractivity contribution in [3.05, 3.63) is 29.1 Å². The molecule has 2 N–H and O–H groups in total. The highest BCUT2D eigenvalue weighted by atomic mass is 19.1. The molecule has 5 nitrogen and oxygen atoms in total. The molecule has 2 aliphatic heterocycles. The highest BCUT2D eigenvalue weighted by molar-refractivity contribution is 5.98. The third-order valence-electron chi connectivity index (χ3n) is 4.59. The lowest BCUT2D eigenvalue weighted by Crippen LogP contribution is -2.62. The van der Waals surface area contributed by atoms with Gasteiger partial charge in [-0.3, -0.25) is 4.79 Å². The number of fused-ring (bicyclic) bond motifs is 1. The Hall–Kier alpha value is -1.66. The Morgan fingerprint density at radius 3 is 2.82 bits per heavy atom. The summed E-state index contributed by atoms with van der Waals surface area (Å²) in [6.07, 6.45) is 0.981. The maximum Gasteiger partial charge on any atom is 0.255 e. The first-order chi connectivity index (χ1) is 10.3. The van der Waals surface area contributed by atoms with Gasteiger partial charge < -0.3 is 19.9 Å². The molecule has 0 spiro atoms. The molecule has 2 aliphatic rings. The minimum absolute atomic E-state index is 0.243. The molecule has 22 heavy (non-hydrogen) atoms. The van der Waals surface area contributed by atoms with Crippen LogP contribution >= 0.6 is 0 Å². The first kappa shape index (κ1) is 15.2. The van der Waals surface area contributed by atoms with Gasteiger partial charge in [0.1, 0.15) is 11.6 Å². The molecule has 0 saturated carbocycles. The Morgan fingerprint density at radius 1 is 1.41 bits per heavy atom. The zero-order valence-corrected chi connectivity index (χ0v) is 12.7. The molecule has 120 valence electrons. The molecule has 0 aliphatic carbocycles. The monoisotopic (exact) mass is 309 g/mol. The van der Waals surface area contributed by atoms with E-state index in [4.69, 9.17) is 9.47 Å². The maximum atomic E-state index is 13.7. The van der Waals surface area contributed by atoms with Crippen molar-refractivity contribution in [3.63, 3.8) is 0 Å². The molecule has 3 rings (SSSR count). The number of hydrogen-bond donors (Lipinski definition) is 2. The molecule has 1 atom stereocenters. The van der Waals surface area contributed by atoms with Crippen LogP contribution < -0.4 is 10.1 Å². The number of aliphatic hydroxyl groups is 1. The largest absolute Gasteiger partial charge is 0.492 e. The fourth-order valence-electron chi connectivity index (χ4n) is 3.02. The Morgan fingerprint density at radius 2 is 2.18 bits per heavy atom. The Bertz CT molecular complexity index is 603. The summed E-state index contributed by atoms with van der Waals surface area (Å²) in [7, 11) is 0. The number of rotatable bonds is 3. The molecule has 0 radical (unpaired) electrons. The zero-order valence-electron chi connectivity index (χ0n) is 12.7. The summed E-state index contributed by atoms with van der Waals surface area (Å²) in [4.78, 5) is 12.6. The van der Waals surface area contributed by atoms with Crippen LogP contribution in [0.3, 0.4) is 0 Å². The Labute approximate surface area is 128 Å². The van der Waals surface area contributed by atoms with E-state index in [1.165, 1.54) is 12.1 Å². The number of hydrogen-bond acceptors (Lipinski definition) is 4. The van der Waals surface area contributed by atoms with Crippen molar-refractivity contribution in [2.75, 3.05) is 19.8 Å². The van der Waals surface area contributed by atoms with Crippen LogP contribution in [0.25, 0.3) is 0 Å². The average Bonchev–Trinajstić information content (AvgIpc) is 3.07. The van der Waals surface area contributed by atoms with Crippen LogP contribution in [-0.4, -0.2) is 42.0 Å². The lowest BCUT2D eigenvalue weighted by atomic mass is 9.81. The third kappa shape index (κ3) is 2.36. The van der Waals surface area contributed by atoms with E-state index in [1.54, 1.807) is 13.8 Å². The summed E-state index contributed by atoms with van der Waals surface area (Å²) in [5.74, 6) is -0.432. The fourth-order valence-corrected chi connectivity index (χ4v) is 3.02. The molecule has 1 unspecified atom stereocenters. The predicted octanol–water partition coefficient (Wildman–Crippen LogP) is 1.42. The molecule has 1 aromatic rings. The minimum atomic E-state index is -1.14. The second-order valence-corrected chi connectivity index (χ2v) is 6.40. The van der Waals surface area contributed by atoms with Crippen LogP contribution in [-0.2, 0) is 11.2 Å². The van der Waals surface area contributed by atoms with Gasteiger partial charge in [0, 0.05) is 18.6 Å². The summed E-state index contributed by atoms with van der Waals surface area (Å²) >= 11 is 0. The van der Waals surface area contributed by atoms with Gasteiger partial charge in [-0.05, 0) is 32.4 Å².